The van der Waals surface area contributed by atoms with E-state index in [1.165, 1.54) is 128 Å². The fraction of sp³-hybridized carbons (Fsp3) is 1.00. The number of hydrogen-bond acceptors (Lipinski definition) is 0. The van der Waals surface area contributed by atoms with Gasteiger partial charge in [0.2, 0.25) is 0 Å². The number of unbranched alkanes of at least 4 members (excludes halogenated alkanes) is 16. The van der Waals surface area contributed by atoms with E-state index in [9.17, 15) is 0 Å². The van der Waals surface area contributed by atoms with Crippen LogP contribution in [0.25, 0.3) is 0 Å². The van der Waals surface area contributed by atoms with Crippen LogP contribution in [0.3, 0.4) is 0 Å². The van der Waals surface area contributed by atoms with E-state index < -0.39 is 0 Å². The van der Waals surface area contributed by atoms with Gasteiger partial charge >= 0.3 is 0 Å². The second kappa shape index (κ2) is 19.3. The lowest BCUT2D eigenvalue weighted by atomic mass is 9.74. The highest BCUT2D eigenvalue weighted by Crippen LogP contribution is 2.36. The van der Waals surface area contributed by atoms with Crippen LogP contribution in [0.4, 0.5) is 0 Å². The smallest absolute Gasteiger partial charge is 0.0329 e. The van der Waals surface area contributed by atoms with Gasteiger partial charge in [0, 0.05) is 0 Å². The Labute approximate surface area is 174 Å². The molecular weight excluding hydrogens is 324 g/mol. The zero-order valence-electron chi connectivity index (χ0n) is 20.2. The van der Waals surface area contributed by atoms with Crippen molar-refractivity contribution in [2.75, 3.05) is 0 Å². The summed E-state index contributed by atoms with van der Waals surface area (Å²) in [6, 6.07) is 0. The van der Waals surface area contributed by atoms with Gasteiger partial charge in [-0.1, -0.05) is 157 Å². The Bertz CT molecular complexity index is 278. The van der Waals surface area contributed by atoms with E-state index in [1.807, 2.05) is 0 Å². The molecule has 0 aromatic carbocycles. The lowest BCUT2D eigenvalue weighted by Crippen LogP contribution is -2.21. The van der Waals surface area contributed by atoms with Crippen LogP contribution in [0, 0.1) is 11.3 Å². The minimum Gasteiger partial charge on any atom is -0.0654 e. The monoisotopic (exact) mass is 380 g/mol. The van der Waals surface area contributed by atoms with Crippen molar-refractivity contribution in [2.24, 2.45) is 11.3 Å². The Balaban J connectivity index is 3.43. The van der Waals surface area contributed by atoms with Crippen LogP contribution in [0.15, 0.2) is 0 Å². The van der Waals surface area contributed by atoms with E-state index in [2.05, 4.69) is 34.6 Å². The molecule has 0 radical (unpaired) electrons. The molecule has 1 atom stereocenters. The lowest BCUT2D eigenvalue weighted by molar-refractivity contribution is 0.189. The summed E-state index contributed by atoms with van der Waals surface area (Å²) in [6.45, 7) is 12.1. The summed E-state index contributed by atoms with van der Waals surface area (Å²) in [4.78, 5) is 0. The number of hydrogen-bond donors (Lipinski definition) is 0. The zero-order valence-corrected chi connectivity index (χ0v) is 20.2. The van der Waals surface area contributed by atoms with Gasteiger partial charge in [-0.2, -0.15) is 0 Å². The summed E-state index contributed by atoms with van der Waals surface area (Å²) >= 11 is 0. The third-order valence-corrected chi connectivity index (χ3v) is 7.00. The molecule has 0 nitrogen and oxygen atoms in total. The molecule has 0 aromatic rings. The van der Waals surface area contributed by atoms with Crippen LogP contribution in [0.5, 0.6) is 0 Å². The van der Waals surface area contributed by atoms with Crippen molar-refractivity contribution in [3.63, 3.8) is 0 Å². The molecule has 0 aliphatic heterocycles. The molecule has 0 aliphatic carbocycles. The first-order valence-corrected chi connectivity index (χ1v) is 13.0. The van der Waals surface area contributed by atoms with Gasteiger partial charge in [-0.25, -0.2) is 0 Å². The molecule has 0 rings (SSSR count). The summed E-state index contributed by atoms with van der Waals surface area (Å²) in [6.07, 6.45) is 29.0. The maximum Gasteiger partial charge on any atom is -0.0329 e. The van der Waals surface area contributed by atoms with Gasteiger partial charge in [0.05, 0.1) is 0 Å². The van der Waals surface area contributed by atoms with E-state index in [4.69, 9.17) is 0 Å². The van der Waals surface area contributed by atoms with Crippen molar-refractivity contribution in [1.29, 1.82) is 0 Å². The first-order chi connectivity index (χ1) is 13.0. The Hall–Kier alpha value is 0. The molecule has 0 aliphatic rings. The molecule has 27 heavy (non-hydrogen) atoms. The largest absolute Gasteiger partial charge is 0.0654 e. The molecule has 0 saturated carbocycles. The molecular formula is C27H56. The second-order valence-electron chi connectivity index (χ2n) is 10.1. The summed E-state index contributed by atoms with van der Waals surface area (Å²) in [5.41, 5.74) is 0.544. The summed E-state index contributed by atoms with van der Waals surface area (Å²) in [7, 11) is 0. The van der Waals surface area contributed by atoms with E-state index in [1.54, 1.807) is 0 Å². The molecule has 0 fully saturated rings. The first kappa shape index (κ1) is 27.0. The van der Waals surface area contributed by atoms with E-state index in [0.717, 1.165) is 5.92 Å². The third-order valence-electron chi connectivity index (χ3n) is 7.00. The summed E-state index contributed by atoms with van der Waals surface area (Å²) in [5.74, 6) is 0.886. The first-order valence-electron chi connectivity index (χ1n) is 13.0. The molecule has 164 valence electrons. The molecule has 0 heteroatoms. The Morgan fingerprint density at radius 2 is 0.815 bits per heavy atom. The van der Waals surface area contributed by atoms with Crippen molar-refractivity contribution >= 4 is 0 Å². The molecule has 0 bridgehead atoms. The highest BCUT2D eigenvalue weighted by molar-refractivity contribution is 4.75. The van der Waals surface area contributed by atoms with Crippen molar-refractivity contribution in [1.82, 2.24) is 0 Å². The predicted octanol–water partition coefficient (Wildman–Crippen LogP) is 10.5. The van der Waals surface area contributed by atoms with Crippen LogP contribution in [-0.2, 0) is 0 Å². The van der Waals surface area contributed by atoms with Gasteiger partial charge in [-0.05, 0) is 17.8 Å². The molecule has 1 unspecified atom stereocenters. The maximum atomic E-state index is 2.52. The SMILES string of the molecule is CCCCCCCCCCCCCCCC(C)(C)C(C)CCCCCCC. The van der Waals surface area contributed by atoms with E-state index >= 15 is 0 Å². The van der Waals surface area contributed by atoms with Crippen LogP contribution < -0.4 is 0 Å². The fourth-order valence-corrected chi connectivity index (χ4v) is 4.29. The van der Waals surface area contributed by atoms with E-state index in [0.29, 0.717) is 5.41 Å². The van der Waals surface area contributed by atoms with Gasteiger partial charge in [0.1, 0.15) is 0 Å². The normalized spacial score (nSPS) is 13.2. The molecule has 0 amide bonds. The van der Waals surface area contributed by atoms with Crippen molar-refractivity contribution < 1.29 is 0 Å². The van der Waals surface area contributed by atoms with Gasteiger partial charge in [0.25, 0.3) is 0 Å². The highest BCUT2D eigenvalue weighted by Gasteiger charge is 2.24. The minimum atomic E-state index is 0.544. The van der Waals surface area contributed by atoms with Gasteiger partial charge in [-0.15, -0.1) is 0 Å². The van der Waals surface area contributed by atoms with Gasteiger partial charge in [-0.3, -0.25) is 0 Å². The van der Waals surface area contributed by atoms with Crippen molar-refractivity contribution in [3.8, 4) is 0 Å². The Morgan fingerprint density at radius 1 is 0.481 bits per heavy atom. The fourth-order valence-electron chi connectivity index (χ4n) is 4.29. The second-order valence-corrected chi connectivity index (χ2v) is 10.1. The van der Waals surface area contributed by atoms with Crippen molar-refractivity contribution in [2.45, 2.75) is 163 Å². The maximum absolute atomic E-state index is 2.52. The number of rotatable bonds is 21. The van der Waals surface area contributed by atoms with E-state index in [-0.39, 0.29) is 0 Å². The highest BCUT2D eigenvalue weighted by atomic mass is 14.3. The topological polar surface area (TPSA) is 0 Å². The van der Waals surface area contributed by atoms with Crippen LogP contribution in [0.1, 0.15) is 163 Å². The van der Waals surface area contributed by atoms with Gasteiger partial charge < -0.3 is 0 Å². The lowest BCUT2D eigenvalue weighted by Gasteiger charge is -2.32. The summed E-state index contributed by atoms with van der Waals surface area (Å²) in [5, 5.41) is 0. The average molecular weight is 381 g/mol. The van der Waals surface area contributed by atoms with Crippen LogP contribution in [0.2, 0.25) is 0 Å². The minimum absolute atomic E-state index is 0.544. The standard InChI is InChI=1S/C27H56/c1-6-8-10-12-13-14-15-16-17-18-19-21-23-25-27(4,5)26(3)24-22-20-11-9-7-2/h26H,6-25H2,1-5H3. The van der Waals surface area contributed by atoms with Crippen LogP contribution in [-0.4, -0.2) is 0 Å². The Kier molecular flexibility index (Phi) is 19.3. The third kappa shape index (κ3) is 17.8. The average Bonchev–Trinajstić information content (AvgIpc) is 2.65. The molecule has 0 heterocycles. The van der Waals surface area contributed by atoms with Crippen molar-refractivity contribution in [3.05, 3.63) is 0 Å². The van der Waals surface area contributed by atoms with Crippen LogP contribution >= 0.6 is 0 Å². The molecule has 0 spiro atoms. The molecule has 0 saturated heterocycles. The van der Waals surface area contributed by atoms with Gasteiger partial charge in [0.15, 0.2) is 0 Å². The molecule has 0 aromatic heterocycles. The zero-order chi connectivity index (χ0) is 20.2. The quantitative estimate of drug-likeness (QED) is 0.174. The Morgan fingerprint density at radius 3 is 1.22 bits per heavy atom. The molecule has 0 N–H and O–H groups in total. The summed E-state index contributed by atoms with van der Waals surface area (Å²) < 4.78 is 0. The predicted molar refractivity (Wildman–Crippen MR) is 127 cm³/mol.